The Morgan fingerprint density at radius 2 is 2.30 bits per heavy atom. The van der Waals surface area contributed by atoms with Crippen LogP contribution in [-0.4, -0.2) is 0 Å². The lowest BCUT2D eigenvalue weighted by atomic mass is 10.2. The zero-order chi connectivity index (χ0) is 7.40. The van der Waals surface area contributed by atoms with E-state index in [4.69, 9.17) is 0 Å². The molecule has 0 saturated carbocycles. The standard InChI is InChI=1S/C8H9NO/c1-7-3-2-4-8(9-10)6-5-7/h2-7H,1H3. The highest BCUT2D eigenvalue weighted by Gasteiger charge is 1.95. The Kier molecular flexibility index (Phi) is 2.15. The number of hydrogen-bond acceptors (Lipinski definition) is 2. The van der Waals surface area contributed by atoms with Gasteiger partial charge in [0.1, 0.15) is 5.70 Å². The molecule has 1 rings (SSSR count). The fraction of sp³-hybridized carbons (Fsp3) is 0.250. The first-order valence-corrected chi connectivity index (χ1v) is 3.23. The van der Waals surface area contributed by atoms with E-state index in [1.165, 1.54) is 0 Å². The van der Waals surface area contributed by atoms with Gasteiger partial charge in [-0.2, -0.15) is 0 Å². The maximum Gasteiger partial charge on any atom is 0.107 e. The zero-order valence-corrected chi connectivity index (χ0v) is 5.82. The summed E-state index contributed by atoms with van der Waals surface area (Å²) in [6.45, 7) is 2.05. The molecule has 0 N–H and O–H groups in total. The molecular weight excluding hydrogens is 126 g/mol. The molecular formula is C8H9NO. The number of nitroso groups, excluding NO2 is 1. The van der Waals surface area contributed by atoms with Gasteiger partial charge in [-0.1, -0.05) is 25.2 Å². The third kappa shape index (κ3) is 1.65. The summed E-state index contributed by atoms with van der Waals surface area (Å²) in [5.41, 5.74) is 0.487. The van der Waals surface area contributed by atoms with Crippen molar-refractivity contribution in [3.05, 3.63) is 41.0 Å². The Bertz CT molecular complexity index is 213. The van der Waals surface area contributed by atoms with Crippen LogP contribution in [0.25, 0.3) is 0 Å². The highest BCUT2D eigenvalue weighted by Crippen LogP contribution is 2.09. The van der Waals surface area contributed by atoms with Gasteiger partial charge >= 0.3 is 0 Å². The first kappa shape index (κ1) is 6.93. The lowest BCUT2D eigenvalue weighted by Gasteiger charge is -1.91. The van der Waals surface area contributed by atoms with Crippen LogP contribution in [0.2, 0.25) is 0 Å². The van der Waals surface area contributed by atoms with Crippen LogP contribution in [0, 0.1) is 10.8 Å². The second kappa shape index (κ2) is 3.11. The molecule has 10 heavy (non-hydrogen) atoms. The Morgan fingerprint density at radius 1 is 1.50 bits per heavy atom. The number of hydrogen-bond donors (Lipinski definition) is 0. The van der Waals surface area contributed by atoms with Crippen molar-refractivity contribution in [2.45, 2.75) is 6.92 Å². The Hall–Kier alpha value is -1.18. The molecule has 0 fully saturated rings. The monoisotopic (exact) mass is 135 g/mol. The van der Waals surface area contributed by atoms with Crippen molar-refractivity contribution in [2.24, 2.45) is 11.1 Å². The van der Waals surface area contributed by atoms with Crippen LogP contribution < -0.4 is 0 Å². The van der Waals surface area contributed by atoms with Crippen LogP contribution in [0.4, 0.5) is 0 Å². The van der Waals surface area contributed by atoms with Crippen molar-refractivity contribution in [3.63, 3.8) is 0 Å². The van der Waals surface area contributed by atoms with Crippen LogP contribution in [0.5, 0.6) is 0 Å². The van der Waals surface area contributed by atoms with Crippen LogP contribution >= 0.6 is 0 Å². The van der Waals surface area contributed by atoms with Gasteiger partial charge in [-0.25, -0.2) is 0 Å². The number of nitrogens with zero attached hydrogens (tertiary/aromatic N) is 1. The minimum absolute atomic E-state index is 0.399. The summed E-state index contributed by atoms with van der Waals surface area (Å²) < 4.78 is 0. The maximum atomic E-state index is 10.0. The lowest BCUT2D eigenvalue weighted by Crippen LogP contribution is -1.78. The molecule has 2 heteroatoms. The summed E-state index contributed by atoms with van der Waals surface area (Å²) in [6.07, 6.45) is 9.23. The first-order chi connectivity index (χ1) is 4.83. The van der Waals surface area contributed by atoms with Crippen molar-refractivity contribution in [3.8, 4) is 0 Å². The SMILES string of the molecule is CC1C=CC=C(N=O)C=C1. The fourth-order valence-electron chi connectivity index (χ4n) is 0.760. The minimum atomic E-state index is 0.399. The summed E-state index contributed by atoms with van der Waals surface area (Å²) >= 11 is 0. The normalized spacial score (nSPS) is 23.7. The topological polar surface area (TPSA) is 29.4 Å². The fourth-order valence-corrected chi connectivity index (χ4v) is 0.760. The van der Waals surface area contributed by atoms with E-state index >= 15 is 0 Å². The van der Waals surface area contributed by atoms with Gasteiger partial charge in [0.15, 0.2) is 0 Å². The van der Waals surface area contributed by atoms with Crippen molar-refractivity contribution in [1.29, 1.82) is 0 Å². The molecule has 52 valence electrons. The predicted octanol–water partition coefficient (Wildman–Crippen LogP) is 2.40. The molecule has 0 aromatic carbocycles. The van der Waals surface area contributed by atoms with Gasteiger partial charge in [0.25, 0.3) is 0 Å². The molecule has 0 aliphatic heterocycles. The zero-order valence-electron chi connectivity index (χ0n) is 5.82. The average molecular weight is 135 g/mol. The van der Waals surface area contributed by atoms with E-state index in [1.54, 1.807) is 12.2 Å². The van der Waals surface area contributed by atoms with Gasteiger partial charge in [-0.05, 0) is 23.2 Å². The van der Waals surface area contributed by atoms with E-state index < -0.39 is 0 Å². The smallest absolute Gasteiger partial charge is 0.107 e. The lowest BCUT2D eigenvalue weighted by molar-refractivity contribution is 0.941. The van der Waals surface area contributed by atoms with Gasteiger partial charge in [-0.3, -0.25) is 0 Å². The predicted molar refractivity (Wildman–Crippen MR) is 41.3 cm³/mol. The van der Waals surface area contributed by atoms with Gasteiger partial charge in [0.2, 0.25) is 0 Å². The molecule has 1 atom stereocenters. The molecule has 0 spiro atoms. The first-order valence-electron chi connectivity index (χ1n) is 3.23. The van der Waals surface area contributed by atoms with Crippen LogP contribution in [0.1, 0.15) is 6.92 Å². The summed E-state index contributed by atoms with van der Waals surface area (Å²) in [5.74, 6) is 0.399. The minimum Gasteiger partial charge on any atom is -0.145 e. The molecule has 0 amide bonds. The van der Waals surface area contributed by atoms with E-state index in [-0.39, 0.29) is 0 Å². The van der Waals surface area contributed by atoms with Crippen molar-refractivity contribution in [1.82, 2.24) is 0 Å². The summed E-state index contributed by atoms with van der Waals surface area (Å²) in [7, 11) is 0. The molecule has 2 nitrogen and oxygen atoms in total. The van der Waals surface area contributed by atoms with Crippen molar-refractivity contribution < 1.29 is 0 Å². The summed E-state index contributed by atoms with van der Waals surface area (Å²) in [4.78, 5) is 10.0. The molecule has 1 aliphatic rings. The molecule has 0 radical (unpaired) electrons. The second-order valence-corrected chi connectivity index (χ2v) is 2.29. The quantitative estimate of drug-likeness (QED) is 0.507. The van der Waals surface area contributed by atoms with Crippen LogP contribution in [0.15, 0.2) is 41.3 Å². The molecule has 0 aromatic rings. The largest absolute Gasteiger partial charge is 0.145 e. The molecule has 0 bridgehead atoms. The Labute approximate surface area is 59.9 Å². The molecule has 1 unspecified atom stereocenters. The van der Waals surface area contributed by atoms with E-state index in [2.05, 4.69) is 12.1 Å². The number of rotatable bonds is 1. The molecule has 0 heterocycles. The molecule has 0 aromatic heterocycles. The average Bonchev–Trinajstić information content (AvgIpc) is 2.14. The van der Waals surface area contributed by atoms with Gasteiger partial charge < -0.3 is 0 Å². The highest BCUT2D eigenvalue weighted by molar-refractivity contribution is 5.27. The molecule has 0 saturated heterocycles. The van der Waals surface area contributed by atoms with Crippen molar-refractivity contribution >= 4 is 0 Å². The van der Waals surface area contributed by atoms with E-state index in [0.717, 1.165) is 0 Å². The van der Waals surface area contributed by atoms with Crippen molar-refractivity contribution in [2.75, 3.05) is 0 Å². The van der Waals surface area contributed by atoms with E-state index in [1.807, 2.05) is 18.2 Å². The van der Waals surface area contributed by atoms with Crippen LogP contribution in [-0.2, 0) is 0 Å². The van der Waals surface area contributed by atoms with E-state index in [0.29, 0.717) is 11.6 Å². The highest BCUT2D eigenvalue weighted by atomic mass is 16.3. The second-order valence-electron chi connectivity index (χ2n) is 2.29. The Morgan fingerprint density at radius 3 is 3.00 bits per heavy atom. The van der Waals surface area contributed by atoms with Gasteiger partial charge in [0, 0.05) is 0 Å². The van der Waals surface area contributed by atoms with E-state index in [9.17, 15) is 4.91 Å². The third-order valence-electron chi connectivity index (χ3n) is 1.36. The third-order valence-corrected chi connectivity index (χ3v) is 1.36. The van der Waals surface area contributed by atoms with Gasteiger partial charge in [0.05, 0.1) is 0 Å². The Balaban J connectivity index is 2.80. The van der Waals surface area contributed by atoms with Crippen LogP contribution in [0.3, 0.4) is 0 Å². The number of allylic oxidation sites excluding steroid dienone is 5. The summed E-state index contributed by atoms with van der Waals surface area (Å²) in [6, 6.07) is 0. The van der Waals surface area contributed by atoms with Gasteiger partial charge in [-0.15, -0.1) is 4.91 Å². The molecule has 1 aliphatic carbocycles. The maximum absolute atomic E-state index is 10.0. The summed E-state index contributed by atoms with van der Waals surface area (Å²) in [5, 5.41) is 2.82.